The van der Waals surface area contributed by atoms with Crippen molar-refractivity contribution < 1.29 is 9.47 Å². The van der Waals surface area contributed by atoms with Crippen LogP contribution < -0.4 is 15.2 Å². The molecule has 0 saturated carbocycles. The Morgan fingerprint density at radius 1 is 1.00 bits per heavy atom. The lowest BCUT2D eigenvalue weighted by molar-refractivity contribution is 0.411. The van der Waals surface area contributed by atoms with Crippen LogP contribution in [-0.4, -0.2) is 7.11 Å². The minimum absolute atomic E-state index is 0.582. The fourth-order valence-electron chi connectivity index (χ4n) is 1.86. The Morgan fingerprint density at radius 3 is 2.21 bits per heavy atom. The van der Waals surface area contributed by atoms with Crippen molar-refractivity contribution >= 4 is 17.3 Å². The molecule has 0 aromatic heterocycles. The van der Waals surface area contributed by atoms with E-state index in [0.717, 1.165) is 21.9 Å². The SMILES string of the molecule is COc1cc(Oc2cc(C)c(Cl)c(C)c2)ccc1N. The molecule has 100 valence electrons. The summed E-state index contributed by atoms with van der Waals surface area (Å²) in [5.41, 5.74) is 8.32. The van der Waals surface area contributed by atoms with Crippen LogP contribution in [0.5, 0.6) is 17.2 Å². The number of benzene rings is 2. The normalized spacial score (nSPS) is 10.3. The first-order chi connectivity index (χ1) is 9.01. The maximum atomic E-state index is 6.13. The summed E-state index contributed by atoms with van der Waals surface area (Å²) in [6.07, 6.45) is 0. The van der Waals surface area contributed by atoms with E-state index in [9.17, 15) is 0 Å². The molecule has 0 bridgehead atoms. The van der Waals surface area contributed by atoms with Gasteiger partial charge in [0.1, 0.15) is 17.2 Å². The number of nitrogens with two attached hydrogens (primary N) is 1. The molecule has 0 atom stereocenters. The molecule has 2 aromatic carbocycles. The first-order valence-electron chi connectivity index (χ1n) is 5.89. The molecule has 4 heteroatoms. The topological polar surface area (TPSA) is 44.5 Å². The predicted octanol–water partition coefficient (Wildman–Crippen LogP) is 4.34. The number of nitrogen functional groups attached to an aromatic ring is 1. The first kappa shape index (κ1) is 13.6. The molecule has 0 aliphatic heterocycles. The molecule has 0 aliphatic rings. The molecular formula is C15H16ClNO2. The van der Waals surface area contributed by atoms with Gasteiger partial charge in [0.05, 0.1) is 12.8 Å². The molecule has 0 radical (unpaired) electrons. The molecular weight excluding hydrogens is 262 g/mol. The fraction of sp³-hybridized carbons (Fsp3) is 0.200. The van der Waals surface area contributed by atoms with E-state index < -0.39 is 0 Å². The number of ether oxygens (including phenoxy) is 2. The second kappa shape index (κ2) is 5.41. The standard InChI is InChI=1S/C15H16ClNO2/c1-9-6-12(7-10(2)15(9)16)19-11-4-5-13(17)14(8-11)18-3/h4-8H,17H2,1-3H3. The van der Waals surface area contributed by atoms with Crippen molar-refractivity contribution in [3.8, 4) is 17.2 Å². The Bertz CT molecular complexity index is 588. The van der Waals surface area contributed by atoms with Gasteiger partial charge in [-0.25, -0.2) is 0 Å². The van der Waals surface area contributed by atoms with E-state index in [2.05, 4.69) is 0 Å². The van der Waals surface area contributed by atoms with Gasteiger partial charge in [-0.3, -0.25) is 0 Å². The summed E-state index contributed by atoms with van der Waals surface area (Å²) >= 11 is 6.13. The largest absolute Gasteiger partial charge is 0.494 e. The number of anilines is 1. The molecule has 0 fully saturated rings. The molecule has 0 heterocycles. The average Bonchev–Trinajstić information content (AvgIpc) is 2.38. The summed E-state index contributed by atoms with van der Waals surface area (Å²) in [6, 6.07) is 9.12. The van der Waals surface area contributed by atoms with Crippen molar-refractivity contribution in [1.82, 2.24) is 0 Å². The minimum Gasteiger partial charge on any atom is -0.494 e. The van der Waals surface area contributed by atoms with Gasteiger partial charge >= 0.3 is 0 Å². The number of hydrogen-bond acceptors (Lipinski definition) is 3. The molecule has 2 rings (SSSR count). The summed E-state index contributed by atoms with van der Waals surface area (Å²) in [5, 5.41) is 0.766. The van der Waals surface area contributed by atoms with E-state index in [-0.39, 0.29) is 0 Å². The third-order valence-corrected chi connectivity index (χ3v) is 3.45. The number of aryl methyl sites for hydroxylation is 2. The highest BCUT2D eigenvalue weighted by atomic mass is 35.5. The van der Waals surface area contributed by atoms with E-state index in [0.29, 0.717) is 17.2 Å². The average molecular weight is 278 g/mol. The number of hydrogen-bond donors (Lipinski definition) is 1. The second-order valence-electron chi connectivity index (χ2n) is 4.38. The summed E-state index contributed by atoms with van der Waals surface area (Å²) in [5.74, 6) is 2.01. The monoisotopic (exact) mass is 277 g/mol. The summed E-state index contributed by atoms with van der Waals surface area (Å²) in [6.45, 7) is 3.90. The van der Waals surface area contributed by atoms with Crippen LogP contribution in [0.3, 0.4) is 0 Å². The van der Waals surface area contributed by atoms with E-state index >= 15 is 0 Å². The minimum atomic E-state index is 0.582. The van der Waals surface area contributed by atoms with Gasteiger partial charge in [-0.1, -0.05) is 11.6 Å². The van der Waals surface area contributed by atoms with Crippen molar-refractivity contribution in [3.63, 3.8) is 0 Å². The van der Waals surface area contributed by atoms with Crippen LogP contribution in [0.4, 0.5) is 5.69 Å². The smallest absolute Gasteiger partial charge is 0.145 e. The highest BCUT2D eigenvalue weighted by molar-refractivity contribution is 6.32. The van der Waals surface area contributed by atoms with Crippen molar-refractivity contribution in [2.75, 3.05) is 12.8 Å². The van der Waals surface area contributed by atoms with Gasteiger partial charge < -0.3 is 15.2 Å². The lowest BCUT2D eigenvalue weighted by Crippen LogP contribution is -1.93. The van der Waals surface area contributed by atoms with Gasteiger partial charge in [-0.05, 0) is 49.2 Å². The molecule has 3 nitrogen and oxygen atoms in total. The van der Waals surface area contributed by atoms with Gasteiger partial charge in [-0.15, -0.1) is 0 Å². The number of halogens is 1. The van der Waals surface area contributed by atoms with Crippen LogP contribution in [0.15, 0.2) is 30.3 Å². The molecule has 2 N–H and O–H groups in total. The van der Waals surface area contributed by atoms with Crippen LogP contribution in [0.1, 0.15) is 11.1 Å². The van der Waals surface area contributed by atoms with Crippen LogP contribution in [0.2, 0.25) is 5.02 Å². The summed E-state index contributed by atoms with van der Waals surface area (Å²) in [4.78, 5) is 0. The van der Waals surface area contributed by atoms with Crippen molar-refractivity contribution in [2.24, 2.45) is 0 Å². The molecule has 0 aliphatic carbocycles. The molecule has 19 heavy (non-hydrogen) atoms. The Kier molecular flexibility index (Phi) is 3.86. The molecule has 2 aromatic rings. The Balaban J connectivity index is 2.31. The quantitative estimate of drug-likeness (QED) is 0.849. The van der Waals surface area contributed by atoms with Crippen molar-refractivity contribution in [1.29, 1.82) is 0 Å². The second-order valence-corrected chi connectivity index (χ2v) is 4.75. The van der Waals surface area contributed by atoms with E-state index in [1.165, 1.54) is 0 Å². The van der Waals surface area contributed by atoms with Gasteiger partial charge in [0.25, 0.3) is 0 Å². The zero-order valence-electron chi connectivity index (χ0n) is 11.2. The van der Waals surface area contributed by atoms with Gasteiger partial charge in [0, 0.05) is 11.1 Å². The van der Waals surface area contributed by atoms with Gasteiger partial charge in [0.2, 0.25) is 0 Å². The lowest BCUT2D eigenvalue weighted by atomic mass is 10.1. The number of methoxy groups -OCH3 is 1. The van der Waals surface area contributed by atoms with Crippen LogP contribution in [0.25, 0.3) is 0 Å². The van der Waals surface area contributed by atoms with Crippen LogP contribution in [0, 0.1) is 13.8 Å². The zero-order chi connectivity index (χ0) is 14.0. The third-order valence-electron chi connectivity index (χ3n) is 2.85. The van der Waals surface area contributed by atoms with Crippen molar-refractivity contribution in [2.45, 2.75) is 13.8 Å². The zero-order valence-corrected chi connectivity index (χ0v) is 11.9. The molecule has 0 unspecified atom stereocenters. The molecule has 0 spiro atoms. The van der Waals surface area contributed by atoms with E-state index in [4.69, 9.17) is 26.8 Å². The first-order valence-corrected chi connectivity index (χ1v) is 6.27. The Hall–Kier alpha value is -1.87. The molecule has 0 amide bonds. The Morgan fingerprint density at radius 2 is 1.63 bits per heavy atom. The highest BCUT2D eigenvalue weighted by Gasteiger charge is 2.06. The Labute approximate surface area is 117 Å². The summed E-state index contributed by atoms with van der Waals surface area (Å²) in [7, 11) is 1.58. The van der Waals surface area contributed by atoms with Gasteiger partial charge in [0.15, 0.2) is 0 Å². The van der Waals surface area contributed by atoms with E-state index in [1.807, 2.05) is 26.0 Å². The van der Waals surface area contributed by atoms with Crippen LogP contribution in [-0.2, 0) is 0 Å². The van der Waals surface area contributed by atoms with E-state index in [1.54, 1.807) is 25.3 Å². The van der Waals surface area contributed by atoms with Crippen LogP contribution >= 0.6 is 11.6 Å². The van der Waals surface area contributed by atoms with Crippen molar-refractivity contribution in [3.05, 3.63) is 46.5 Å². The fourth-order valence-corrected chi connectivity index (χ4v) is 1.97. The molecule has 0 saturated heterocycles. The predicted molar refractivity (Wildman–Crippen MR) is 78.4 cm³/mol. The third kappa shape index (κ3) is 2.93. The highest BCUT2D eigenvalue weighted by Crippen LogP contribution is 2.32. The lowest BCUT2D eigenvalue weighted by Gasteiger charge is -2.11. The maximum absolute atomic E-state index is 6.13. The summed E-state index contributed by atoms with van der Waals surface area (Å²) < 4.78 is 11.0. The van der Waals surface area contributed by atoms with Gasteiger partial charge in [-0.2, -0.15) is 0 Å². The number of rotatable bonds is 3. The maximum Gasteiger partial charge on any atom is 0.145 e.